The Morgan fingerprint density at radius 3 is 1.25 bits per heavy atom. The van der Waals surface area contributed by atoms with Crippen LogP contribution in [0, 0.1) is 5.41 Å². The lowest BCUT2D eigenvalue weighted by Gasteiger charge is -2.33. The van der Waals surface area contributed by atoms with E-state index in [4.69, 9.17) is 14.2 Å². The number of amides is 4. The molecule has 0 aliphatic carbocycles. The minimum Gasteiger partial charge on any atom is -0.381 e. The van der Waals surface area contributed by atoms with Crippen molar-refractivity contribution in [2.45, 2.75) is 26.2 Å². The maximum Gasteiger partial charge on any atom is 0.243 e. The maximum atomic E-state index is 11.6. The van der Waals surface area contributed by atoms with Gasteiger partial charge >= 0.3 is 0 Å². The summed E-state index contributed by atoms with van der Waals surface area (Å²) < 4.78 is 17.6. The van der Waals surface area contributed by atoms with E-state index in [0.29, 0.717) is 58.7 Å². The zero-order chi connectivity index (χ0) is 27.1. The van der Waals surface area contributed by atoms with Crippen molar-refractivity contribution in [2.75, 3.05) is 65.8 Å². The average Bonchev–Trinajstić information content (AvgIpc) is 2.87. The predicted molar refractivity (Wildman–Crippen MR) is 137 cm³/mol. The Balaban J connectivity index is 4.88. The molecular weight excluding hydrogens is 468 g/mol. The van der Waals surface area contributed by atoms with E-state index < -0.39 is 5.41 Å². The van der Waals surface area contributed by atoms with Gasteiger partial charge in [-0.15, -0.1) is 0 Å². The first kappa shape index (κ1) is 33.0. The van der Waals surface area contributed by atoms with Gasteiger partial charge in [-0.3, -0.25) is 19.2 Å². The molecule has 0 aromatic rings. The van der Waals surface area contributed by atoms with Crippen LogP contribution in [0.1, 0.15) is 26.2 Å². The molecule has 204 valence electrons. The molecule has 0 aliphatic heterocycles. The van der Waals surface area contributed by atoms with Crippen molar-refractivity contribution in [2.24, 2.45) is 5.41 Å². The van der Waals surface area contributed by atoms with Crippen LogP contribution in [0.4, 0.5) is 0 Å². The Kier molecular flexibility index (Phi) is 19.5. The summed E-state index contributed by atoms with van der Waals surface area (Å²) in [5, 5.41) is 10.9. The smallest absolute Gasteiger partial charge is 0.243 e. The van der Waals surface area contributed by atoms with Gasteiger partial charge in [-0.2, -0.15) is 0 Å². The van der Waals surface area contributed by atoms with E-state index in [0.717, 1.165) is 0 Å². The zero-order valence-corrected chi connectivity index (χ0v) is 21.4. The number of ether oxygens (including phenoxy) is 3. The Morgan fingerprint density at radius 2 is 0.972 bits per heavy atom. The third kappa shape index (κ3) is 18.3. The van der Waals surface area contributed by atoms with Crippen LogP contribution in [0.3, 0.4) is 0 Å². The summed E-state index contributed by atoms with van der Waals surface area (Å²) in [5.74, 6) is -0.924. The first-order valence-corrected chi connectivity index (χ1v) is 12.0. The van der Waals surface area contributed by atoms with Gasteiger partial charge in [0.2, 0.25) is 23.6 Å². The van der Waals surface area contributed by atoms with Crippen LogP contribution in [0.15, 0.2) is 38.0 Å². The molecule has 0 fully saturated rings. The SMILES string of the molecule is C=CC(=O)NCCCOCC(CNC(C)=O)(COCCCNC(=O)C=C)COCCCNC(=O)C=C. The van der Waals surface area contributed by atoms with Crippen molar-refractivity contribution >= 4 is 23.6 Å². The third-order valence-electron chi connectivity index (χ3n) is 4.79. The van der Waals surface area contributed by atoms with Crippen molar-refractivity contribution in [1.29, 1.82) is 0 Å². The Morgan fingerprint density at radius 1 is 0.639 bits per heavy atom. The molecule has 0 heterocycles. The van der Waals surface area contributed by atoms with Crippen molar-refractivity contribution in [3.05, 3.63) is 38.0 Å². The maximum absolute atomic E-state index is 11.6. The summed E-state index contributed by atoms with van der Waals surface area (Å²) in [5.41, 5.74) is -0.662. The molecular formula is C25H42N4O7. The monoisotopic (exact) mass is 510 g/mol. The molecule has 11 heteroatoms. The minimum atomic E-state index is -0.662. The molecule has 4 N–H and O–H groups in total. The lowest BCUT2D eigenvalue weighted by Crippen LogP contribution is -2.47. The number of carbonyl (C=O) groups is 4. The molecule has 0 aromatic heterocycles. The zero-order valence-electron chi connectivity index (χ0n) is 21.4. The molecule has 36 heavy (non-hydrogen) atoms. The molecule has 0 aromatic carbocycles. The summed E-state index contributed by atoms with van der Waals surface area (Å²) in [6.07, 6.45) is 5.43. The molecule has 0 spiro atoms. The first-order chi connectivity index (χ1) is 17.3. The van der Waals surface area contributed by atoms with Crippen molar-refractivity contribution < 1.29 is 33.4 Å². The highest BCUT2D eigenvalue weighted by molar-refractivity contribution is 5.87. The van der Waals surface area contributed by atoms with Gasteiger partial charge in [-0.1, -0.05) is 19.7 Å². The average molecular weight is 511 g/mol. The fourth-order valence-corrected chi connectivity index (χ4v) is 2.83. The summed E-state index contributed by atoms with van der Waals surface area (Å²) in [6.45, 7) is 15.2. The summed E-state index contributed by atoms with van der Waals surface area (Å²) in [6, 6.07) is 0. The summed E-state index contributed by atoms with van der Waals surface area (Å²) in [7, 11) is 0. The van der Waals surface area contributed by atoms with Crippen LogP contribution in [-0.4, -0.2) is 89.4 Å². The van der Waals surface area contributed by atoms with Gasteiger partial charge in [0.05, 0.1) is 25.2 Å². The minimum absolute atomic E-state index is 0.189. The number of carbonyl (C=O) groups excluding carboxylic acids is 4. The highest BCUT2D eigenvalue weighted by Crippen LogP contribution is 2.19. The van der Waals surface area contributed by atoms with Gasteiger partial charge in [0.15, 0.2) is 0 Å². The second-order valence-corrected chi connectivity index (χ2v) is 8.11. The molecule has 0 saturated heterocycles. The molecule has 4 amide bonds. The van der Waals surface area contributed by atoms with E-state index in [1.54, 1.807) is 0 Å². The Hall–Kier alpha value is -3.02. The van der Waals surface area contributed by atoms with E-state index in [9.17, 15) is 19.2 Å². The predicted octanol–water partition coefficient (Wildman–Crippen LogP) is 0.236. The fourth-order valence-electron chi connectivity index (χ4n) is 2.83. The normalized spacial score (nSPS) is 10.7. The number of rotatable bonds is 23. The quantitative estimate of drug-likeness (QED) is 0.114. The van der Waals surface area contributed by atoms with Crippen LogP contribution in [0.2, 0.25) is 0 Å². The second kappa shape index (κ2) is 21.3. The van der Waals surface area contributed by atoms with Crippen LogP contribution < -0.4 is 21.3 Å². The molecule has 0 unspecified atom stereocenters. The van der Waals surface area contributed by atoms with Crippen LogP contribution in [0.5, 0.6) is 0 Å². The van der Waals surface area contributed by atoms with Gasteiger partial charge in [0.1, 0.15) is 0 Å². The Labute approximate surface area is 214 Å². The van der Waals surface area contributed by atoms with E-state index in [2.05, 4.69) is 41.0 Å². The fraction of sp³-hybridized carbons (Fsp3) is 0.600. The number of nitrogens with one attached hydrogen (secondary N) is 4. The standard InChI is InChI=1S/C25H42N4O7/c1-5-22(31)26-11-8-14-34-18-25(17-29-21(4)30,19-35-15-9-12-27-23(32)6-2)20-36-16-10-13-28-24(33)7-3/h5-7H,1-3,8-20H2,4H3,(H,26,31)(H,27,32)(H,28,33)(H,29,30). The van der Waals surface area contributed by atoms with Gasteiger partial charge in [-0.25, -0.2) is 0 Å². The first-order valence-electron chi connectivity index (χ1n) is 12.0. The molecule has 0 radical (unpaired) electrons. The van der Waals surface area contributed by atoms with E-state index >= 15 is 0 Å². The molecule has 0 saturated carbocycles. The largest absolute Gasteiger partial charge is 0.381 e. The van der Waals surface area contributed by atoms with E-state index in [1.165, 1.54) is 25.2 Å². The molecule has 0 aliphatic rings. The number of hydrogen-bond donors (Lipinski definition) is 4. The van der Waals surface area contributed by atoms with Crippen LogP contribution in [0.25, 0.3) is 0 Å². The van der Waals surface area contributed by atoms with Crippen LogP contribution >= 0.6 is 0 Å². The van der Waals surface area contributed by atoms with Gasteiger partial charge in [0, 0.05) is 52.9 Å². The molecule has 0 rings (SSSR count). The summed E-state index contributed by atoms with van der Waals surface area (Å²) in [4.78, 5) is 45.4. The van der Waals surface area contributed by atoms with E-state index in [1.807, 2.05) is 0 Å². The molecule has 11 nitrogen and oxygen atoms in total. The van der Waals surface area contributed by atoms with Crippen molar-refractivity contribution in [1.82, 2.24) is 21.3 Å². The topological polar surface area (TPSA) is 144 Å². The van der Waals surface area contributed by atoms with Crippen molar-refractivity contribution in [3.63, 3.8) is 0 Å². The van der Waals surface area contributed by atoms with E-state index in [-0.39, 0.29) is 50.0 Å². The highest BCUT2D eigenvalue weighted by Gasteiger charge is 2.32. The van der Waals surface area contributed by atoms with Gasteiger partial charge in [0.25, 0.3) is 0 Å². The summed E-state index contributed by atoms with van der Waals surface area (Å²) >= 11 is 0. The van der Waals surface area contributed by atoms with Crippen LogP contribution in [-0.2, 0) is 33.4 Å². The van der Waals surface area contributed by atoms with Gasteiger partial charge in [-0.05, 0) is 37.5 Å². The number of hydrogen-bond acceptors (Lipinski definition) is 7. The molecule has 0 bridgehead atoms. The van der Waals surface area contributed by atoms with Crippen molar-refractivity contribution in [3.8, 4) is 0 Å². The Bertz CT molecular complexity index is 634. The lowest BCUT2D eigenvalue weighted by molar-refractivity contribution is -0.121. The third-order valence-corrected chi connectivity index (χ3v) is 4.79. The van der Waals surface area contributed by atoms with Gasteiger partial charge < -0.3 is 35.5 Å². The highest BCUT2D eigenvalue weighted by atomic mass is 16.5. The lowest BCUT2D eigenvalue weighted by atomic mass is 9.90. The second-order valence-electron chi connectivity index (χ2n) is 8.11. The molecule has 0 atom stereocenters.